The van der Waals surface area contributed by atoms with Crippen molar-refractivity contribution < 1.29 is 13.3 Å². The molecule has 0 aliphatic heterocycles. The minimum atomic E-state index is -0.900. The van der Waals surface area contributed by atoms with Gasteiger partial charge in [-0.3, -0.25) is 0 Å². The SMILES string of the molecule is Nc1cccc(-c2noc(Cc3ccc(F)c(F)c3)n2)c1. The molecule has 0 saturated heterocycles. The maximum absolute atomic E-state index is 13.1. The third-order valence-electron chi connectivity index (χ3n) is 2.95. The second kappa shape index (κ2) is 5.32. The van der Waals surface area contributed by atoms with Gasteiger partial charge in [-0.05, 0) is 29.8 Å². The number of anilines is 1. The maximum atomic E-state index is 13.1. The molecule has 2 N–H and O–H groups in total. The number of nitrogens with zero attached hydrogens (tertiary/aromatic N) is 2. The average Bonchev–Trinajstić information content (AvgIpc) is 2.91. The van der Waals surface area contributed by atoms with Crippen molar-refractivity contribution in [3.05, 3.63) is 65.6 Å². The van der Waals surface area contributed by atoms with E-state index in [1.807, 2.05) is 6.07 Å². The zero-order valence-corrected chi connectivity index (χ0v) is 10.9. The molecule has 0 fully saturated rings. The Balaban J connectivity index is 1.83. The summed E-state index contributed by atoms with van der Waals surface area (Å²) in [5.41, 5.74) is 7.57. The standard InChI is InChI=1S/C15H11F2N3O/c16-12-5-4-9(6-13(12)17)7-14-19-15(20-21-14)10-2-1-3-11(18)8-10/h1-6,8H,7,18H2. The molecule has 0 atom stereocenters. The predicted octanol–water partition coefficient (Wildman–Crippen LogP) is 3.19. The summed E-state index contributed by atoms with van der Waals surface area (Å²) in [5.74, 6) is -1.06. The molecule has 3 aromatic rings. The van der Waals surface area contributed by atoms with E-state index in [2.05, 4.69) is 10.1 Å². The van der Waals surface area contributed by atoms with Crippen LogP contribution in [-0.2, 0) is 6.42 Å². The summed E-state index contributed by atoms with van der Waals surface area (Å²) >= 11 is 0. The highest BCUT2D eigenvalue weighted by molar-refractivity contribution is 5.60. The van der Waals surface area contributed by atoms with Crippen molar-refractivity contribution in [1.29, 1.82) is 0 Å². The minimum Gasteiger partial charge on any atom is -0.399 e. The molecular formula is C15H11F2N3O. The van der Waals surface area contributed by atoms with Gasteiger partial charge < -0.3 is 10.3 Å². The van der Waals surface area contributed by atoms with Crippen LogP contribution >= 0.6 is 0 Å². The topological polar surface area (TPSA) is 64.9 Å². The summed E-state index contributed by atoms with van der Waals surface area (Å²) < 4.78 is 31.1. The predicted molar refractivity (Wildman–Crippen MR) is 73.3 cm³/mol. The van der Waals surface area contributed by atoms with Gasteiger partial charge >= 0.3 is 0 Å². The summed E-state index contributed by atoms with van der Waals surface area (Å²) in [6, 6.07) is 10.7. The average molecular weight is 287 g/mol. The second-order valence-electron chi connectivity index (χ2n) is 4.56. The summed E-state index contributed by atoms with van der Waals surface area (Å²) in [4.78, 5) is 4.22. The molecule has 3 rings (SSSR count). The van der Waals surface area contributed by atoms with Crippen molar-refractivity contribution in [3.8, 4) is 11.4 Å². The fourth-order valence-electron chi connectivity index (χ4n) is 1.95. The van der Waals surface area contributed by atoms with Crippen LogP contribution in [0.1, 0.15) is 11.5 Å². The fraction of sp³-hybridized carbons (Fsp3) is 0.0667. The van der Waals surface area contributed by atoms with Gasteiger partial charge in [0.25, 0.3) is 0 Å². The first kappa shape index (κ1) is 13.2. The minimum absolute atomic E-state index is 0.229. The van der Waals surface area contributed by atoms with Gasteiger partial charge in [0.15, 0.2) is 11.6 Å². The lowest BCUT2D eigenvalue weighted by molar-refractivity contribution is 0.385. The number of nitrogens with two attached hydrogens (primary N) is 1. The smallest absolute Gasteiger partial charge is 0.231 e. The van der Waals surface area contributed by atoms with E-state index in [0.717, 1.165) is 17.7 Å². The van der Waals surface area contributed by atoms with Crippen LogP contribution in [0, 0.1) is 11.6 Å². The molecule has 0 aliphatic carbocycles. The number of halogens is 2. The van der Waals surface area contributed by atoms with Crippen molar-refractivity contribution in [2.75, 3.05) is 5.73 Å². The Morgan fingerprint density at radius 2 is 1.90 bits per heavy atom. The normalized spacial score (nSPS) is 10.8. The van der Waals surface area contributed by atoms with Crippen LogP contribution < -0.4 is 5.73 Å². The van der Waals surface area contributed by atoms with E-state index >= 15 is 0 Å². The number of benzene rings is 2. The van der Waals surface area contributed by atoms with E-state index in [9.17, 15) is 8.78 Å². The lowest BCUT2D eigenvalue weighted by Gasteiger charge is -1.98. The first-order chi connectivity index (χ1) is 10.1. The highest BCUT2D eigenvalue weighted by Crippen LogP contribution is 2.19. The van der Waals surface area contributed by atoms with Gasteiger partial charge in [0, 0.05) is 11.3 Å². The molecule has 1 heterocycles. The Hall–Kier alpha value is -2.76. The summed E-state index contributed by atoms with van der Waals surface area (Å²) in [6.45, 7) is 0. The number of aromatic nitrogens is 2. The van der Waals surface area contributed by atoms with Crippen molar-refractivity contribution in [1.82, 2.24) is 10.1 Å². The van der Waals surface area contributed by atoms with Gasteiger partial charge in [-0.2, -0.15) is 4.98 Å². The van der Waals surface area contributed by atoms with E-state index in [0.29, 0.717) is 23.0 Å². The van der Waals surface area contributed by atoms with Gasteiger partial charge in [-0.25, -0.2) is 8.78 Å². The van der Waals surface area contributed by atoms with Gasteiger partial charge in [0.2, 0.25) is 11.7 Å². The number of nitrogen functional groups attached to an aromatic ring is 1. The molecule has 0 saturated carbocycles. The molecule has 21 heavy (non-hydrogen) atoms. The molecule has 0 aliphatic rings. The zero-order valence-electron chi connectivity index (χ0n) is 10.9. The molecule has 0 radical (unpaired) electrons. The fourth-order valence-corrected chi connectivity index (χ4v) is 1.95. The van der Waals surface area contributed by atoms with Crippen molar-refractivity contribution in [2.24, 2.45) is 0 Å². The van der Waals surface area contributed by atoms with Crippen LogP contribution in [0.25, 0.3) is 11.4 Å². The maximum Gasteiger partial charge on any atom is 0.231 e. The van der Waals surface area contributed by atoms with E-state index in [1.165, 1.54) is 6.07 Å². The molecular weight excluding hydrogens is 276 g/mol. The molecule has 106 valence electrons. The van der Waals surface area contributed by atoms with Gasteiger partial charge in [-0.15, -0.1) is 0 Å². The van der Waals surface area contributed by atoms with Gasteiger partial charge in [-0.1, -0.05) is 23.4 Å². The highest BCUT2D eigenvalue weighted by Gasteiger charge is 2.11. The van der Waals surface area contributed by atoms with Crippen molar-refractivity contribution in [2.45, 2.75) is 6.42 Å². The van der Waals surface area contributed by atoms with Crippen molar-refractivity contribution >= 4 is 5.69 Å². The van der Waals surface area contributed by atoms with Crippen LogP contribution in [0.4, 0.5) is 14.5 Å². The lowest BCUT2D eigenvalue weighted by atomic mass is 10.1. The first-order valence-corrected chi connectivity index (χ1v) is 6.24. The molecule has 0 amide bonds. The molecule has 0 bridgehead atoms. The number of hydrogen-bond acceptors (Lipinski definition) is 4. The number of rotatable bonds is 3. The summed E-state index contributed by atoms with van der Waals surface area (Å²) in [5, 5.41) is 3.85. The Bertz CT molecular complexity index is 786. The molecule has 0 spiro atoms. The Morgan fingerprint density at radius 3 is 2.67 bits per heavy atom. The van der Waals surface area contributed by atoms with E-state index < -0.39 is 11.6 Å². The monoisotopic (exact) mass is 287 g/mol. The van der Waals surface area contributed by atoms with Gasteiger partial charge in [0.05, 0.1) is 6.42 Å². The molecule has 4 nitrogen and oxygen atoms in total. The first-order valence-electron chi connectivity index (χ1n) is 6.24. The second-order valence-corrected chi connectivity index (χ2v) is 4.56. The summed E-state index contributed by atoms with van der Waals surface area (Å²) in [6.07, 6.45) is 0.229. The van der Waals surface area contributed by atoms with E-state index in [1.54, 1.807) is 18.2 Å². The third kappa shape index (κ3) is 2.89. The molecule has 6 heteroatoms. The van der Waals surface area contributed by atoms with Crippen LogP contribution in [0.15, 0.2) is 47.0 Å². The highest BCUT2D eigenvalue weighted by atomic mass is 19.2. The Labute approximate surface area is 119 Å². The van der Waals surface area contributed by atoms with Gasteiger partial charge in [0.1, 0.15) is 0 Å². The molecule has 2 aromatic carbocycles. The Kier molecular flexibility index (Phi) is 3.35. The quantitative estimate of drug-likeness (QED) is 0.751. The van der Waals surface area contributed by atoms with E-state index in [-0.39, 0.29) is 6.42 Å². The Morgan fingerprint density at radius 1 is 1.05 bits per heavy atom. The number of hydrogen-bond donors (Lipinski definition) is 1. The molecule has 1 aromatic heterocycles. The summed E-state index contributed by atoms with van der Waals surface area (Å²) in [7, 11) is 0. The third-order valence-corrected chi connectivity index (χ3v) is 2.95. The zero-order chi connectivity index (χ0) is 14.8. The van der Waals surface area contributed by atoms with Crippen LogP contribution in [0.2, 0.25) is 0 Å². The lowest BCUT2D eigenvalue weighted by Crippen LogP contribution is -1.92. The van der Waals surface area contributed by atoms with Crippen LogP contribution in [0.5, 0.6) is 0 Å². The van der Waals surface area contributed by atoms with Crippen LogP contribution in [-0.4, -0.2) is 10.1 Å². The van der Waals surface area contributed by atoms with Crippen molar-refractivity contribution in [3.63, 3.8) is 0 Å². The molecule has 0 unspecified atom stereocenters. The largest absolute Gasteiger partial charge is 0.399 e. The van der Waals surface area contributed by atoms with Crippen LogP contribution in [0.3, 0.4) is 0 Å². The van der Waals surface area contributed by atoms with E-state index in [4.69, 9.17) is 10.3 Å².